The summed E-state index contributed by atoms with van der Waals surface area (Å²) >= 11 is 0. The molecule has 0 amide bonds. The van der Waals surface area contributed by atoms with Crippen LogP contribution in [-0.2, 0) is 4.74 Å². The second kappa shape index (κ2) is 7.68. The van der Waals surface area contributed by atoms with Crippen LogP contribution in [0.1, 0.15) is 19.7 Å². The summed E-state index contributed by atoms with van der Waals surface area (Å²) in [4.78, 5) is 15.8. The zero-order valence-corrected chi connectivity index (χ0v) is 14.6. The van der Waals surface area contributed by atoms with Crippen molar-refractivity contribution in [3.63, 3.8) is 0 Å². The second-order valence-corrected chi connectivity index (χ2v) is 6.32. The lowest BCUT2D eigenvalue weighted by Gasteiger charge is -2.36. The van der Waals surface area contributed by atoms with Gasteiger partial charge in [0.25, 0.3) is 0 Å². The summed E-state index contributed by atoms with van der Waals surface area (Å²) in [5.74, 6) is 1.59. The van der Waals surface area contributed by atoms with Gasteiger partial charge in [-0.25, -0.2) is 9.97 Å². The van der Waals surface area contributed by atoms with E-state index in [9.17, 15) is 0 Å². The molecule has 0 aromatic carbocycles. The van der Waals surface area contributed by atoms with Crippen LogP contribution in [-0.4, -0.2) is 58.2 Å². The van der Waals surface area contributed by atoms with Crippen LogP contribution in [0, 0.1) is 6.92 Å². The Hall–Kier alpha value is -2.05. The van der Waals surface area contributed by atoms with Crippen LogP contribution in [0.3, 0.4) is 0 Å². The standard InChI is InChI=1S/C18H25N5O/c1-13-12-24-14(2)11-23(13)9-8-20-18-10-17(21-15(3)22-18)16-6-4-5-7-19-16/h4-7,10,13-14H,8-9,11-12H2,1-3H3,(H,20,21,22). The van der Waals surface area contributed by atoms with E-state index in [-0.39, 0.29) is 0 Å². The van der Waals surface area contributed by atoms with Gasteiger partial charge < -0.3 is 10.1 Å². The normalized spacial score (nSPS) is 21.6. The van der Waals surface area contributed by atoms with Gasteiger partial charge in [0, 0.05) is 37.9 Å². The maximum Gasteiger partial charge on any atom is 0.130 e. The average molecular weight is 327 g/mol. The van der Waals surface area contributed by atoms with Crippen molar-refractivity contribution < 1.29 is 4.74 Å². The molecule has 0 saturated carbocycles. The fourth-order valence-corrected chi connectivity index (χ4v) is 2.91. The minimum absolute atomic E-state index is 0.304. The van der Waals surface area contributed by atoms with Gasteiger partial charge in [-0.2, -0.15) is 0 Å². The molecule has 2 aromatic heterocycles. The van der Waals surface area contributed by atoms with Gasteiger partial charge >= 0.3 is 0 Å². The first kappa shape index (κ1) is 16.8. The van der Waals surface area contributed by atoms with Crippen LogP contribution >= 0.6 is 0 Å². The smallest absolute Gasteiger partial charge is 0.130 e. The minimum Gasteiger partial charge on any atom is -0.376 e. The molecule has 2 unspecified atom stereocenters. The fourth-order valence-electron chi connectivity index (χ4n) is 2.91. The molecule has 0 aliphatic carbocycles. The van der Waals surface area contributed by atoms with Crippen LogP contribution in [0.15, 0.2) is 30.5 Å². The molecule has 3 rings (SSSR count). The van der Waals surface area contributed by atoms with Crippen LogP contribution < -0.4 is 5.32 Å². The molecule has 24 heavy (non-hydrogen) atoms. The van der Waals surface area contributed by atoms with Crippen molar-refractivity contribution in [2.24, 2.45) is 0 Å². The van der Waals surface area contributed by atoms with Crippen LogP contribution in [0.5, 0.6) is 0 Å². The van der Waals surface area contributed by atoms with E-state index in [2.05, 4.69) is 39.0 Å². The summed E-state index contributed by atoms with van der Waals surface area (Å²) in [6, 6.07) is 8.25. The molecule has 6 heteroatoms. The van der Waals surface area contributed by atoms with E-state index in [1.807, 2.05) is 31.2 Å². The van der Waals surface area contributed by atoms with Crippen molar-refractivity contribution in [1.82, 2.24) is 19.9 Å². The number of hydrogen-bond donors (Lipinski definition) is 1. The number of rotatable bonds is 5. The first-order valence-electron chi connectivity index (χ1n) is 8.48. The lowest BCUT2D eigenvalue weighted by Crippen LogP contribution is -2.48. The highest BCUT2D eigenvalue weighted by Crippen LogP contribution is 2.17. The van der Waals surface area contributed by atoms with Gasteiger partial charge in [0.2, 0.25) is 0 Å². The number of nitrogens with zero attached hydrogens (tertiary/aromatic N) is 4. The van der Waals surface area contributed by atoms with Gasteiger partial charge in [-0.3, -0.25) is 9.88 Å². The molecule has 1 aliphatic heterocycles. The lowest BCUT2D eigenvalue weighted by molar-refractivity contribution is -0.0476. The zero-order valence-electron chi connectivity index (χ0n) is 14.6. The third-order valence-corrected chi connectivity index (χ3v) is 4.21. The first-order chi connectivity index (χ1) is 11.6. The van der Waals surface area contributed by atoms with E-state index in [0.29, 0.717) is 12.1 Å². The third-order valence-electron chi connectivity index (χ3n) is 4.21. The summed E-state index contributed by atoms with van der Waals surface area (Å²) in [5.41, 5.74) is 1.71. The molecule has 0 spiro atoms. The van der Waals surface area contributed by atoms with E-state index in [0.717, 1.165) is 49.3 Å². The van der Waals surface area contributed by atoms with Gasteiger partial charge in [-0.1, -0.05) is 6.07 Å². The van der Waals surface area contributed by atoms with Gasteiger partial charge in [-0.05, 0) is 32.9 Å². The maximum atomic E-state index is 5.68. The monoisotopic (exact) mass is 327 g/mol. The Morgan fingerprint density at radius 1 is 1.25 bits per heavy atom. The van der Waals surface area contributed by atoms with Crippen LogP contribution in [0.25, 0.3) is 11.4 Å². The Kier molecular flexibility index (Phi) is 5.37. The molecule has 3 heterocycles. The number of morpholine rings is 1. The quantitative estimate of drug-likeness (QED) is 0.910. The van der Waals surface area contributed by atoms with Gasteiger partial charge in [-0.15, -0.1) is 0 Å². The highest BCUT2D eigenvalue weighted by atomic mass is 16.5. The minimum atomic E-state index is 0.304. The zero-order chi connectivity index (χ0) is 16.9. The molecule has 1 N–H and O–H groups in total. The molecule has 6 nitrogen and oxygen atoms in total. The number of ether oxygens (including phenoxy) is 1. The number of hydrogen-bond acceptors (Lipinski definition) is 6. The highest BCUT2D eigenvalue weighted by Gasteiger charge is 2.22. The molecular weight excluding hydrogens is 302 g/mol. The maximum absolute atomic E-state index is 5.68. The van der Waals surface area contributed by atoms with E-state index in [4.69, 9.17) is 4.74 Å². The average Bonchev–Trinajstić information content (AvgIpc) is 2.58. The number of aryl methyl sites for hydroxylation is 1. The summed E-state index contributed by atoms with van der Waals surface area (Å²) in [7, 11) is 0. The number of aromatic nitrogens is 3. The molecule has 0 radical (unpaired) electrons. The Morgan fingerprint density at radius 2 is 2.12 bits per heavy atom. The second-order valence-electron chi connectivity index (χ2n) is 6.32. The molecule has 2 atom stereocenters. The van der Waals surface area contributed by atoms with Crippen LogP contribution in [0.4, 0.5) is 5.82 Å². The van der Waals surface area contributed by atoms with E-state index in [1.165, 1.54) is 0 Å². The lowest BCUT2D eigenvalue weighted by atomic mass is 10.2. The number of anilines is 1. The molecule has 1 aliphatic rings. The molecular formula is C18H25N5O. The Bertz CT molecular complexity index is 664. The third kappa shape index (κ3) is 4.27. The van der Waals surface area contributed by atoms with E-state index < -0.39 is 0 Å². The Labute approximate surface area is 143 Å². The van der Waals surface area contributed by atoms with Crippen molar-refractivity contribution in [2.45, 2.75) is 32.9 Å². The predicted octanol–water partition coefficient (Wildman–Crippen LogP) is 2.37. The molecule has 1 saturated heterocycles. The fraction of sp³-hybridized carbons (Fsp3) is 0.500. The van der Waals surface area contributed by atoms with Crippen molar-refractivity contribution in [3.05, 3.63) is 36.3 Å². The Balaban J connectivity index is 1.62. The highest BCUT2D eigenvalue weighted by molar-refractivity contribution is 5.58. The van der Waals surface area contributed by atoms with Crippen molar-refractivity contribution in [1.29, 1.82) is 0 Å². The number of nitrogens with one attached hydrogen (secondary N) is 1. The van der Waals surface area contributed by atoms with Crippen molar-refractivity contribution in [3.8, 4) is 11.4 Å². The summed E-state index contributed by atoms with van der Waals surface area (Å²) in [6.45, 7) is 9.83. The van der Waals surface area contributed by atoms with Gasteiger partial charge in [0.05, 0.1) is 24.1 Å². The Morgan fingerprint density at radius 3 is 2.92 bits per heavy atom. The van der Waals surface area contributed by atoms with E-state index in [1.54, 1.807) is 6.20 Å². The van der Waals surface area contributed by atoms with Crippen molar-refractivity contribution >= 4 is 5.82 Å². The SMILES string of the molecule is Cc1nc(NCCN2CC(C)OCC2C)cc(-c2ccccn2)n1. The molecule has 128 valence electrons. The summed E-state index contributed by atoms with van der Waals surface area (Å²) < 4.78 is 5.68. The van der Waals surface area contributed by atoms with Gasteiger partial charge in [0.15, 0.2) is 0 Å². The predicted molar refractivity (Wildman–Crippen MR) is 94.9 cm³/mol. The first-order valence-corrected chi connectivity index (χ1v) is 8.48. The molecule has 2 aromatic rings. The largest absolute Gasteiger partial charge is 0.376 e. The summed E-state index contributed by atoms with van der Waals surface area (Å²) in [5, 5.41) is 3.42. The van der Waals surface area contributed by atoms with Gasteiger partial charge in [0.1, 0.15) is 11.6 Å². The van der Waals surface area contributed by atoms with Crippen molar-refractivity contribution in [2.75, 3.05) is 31.6 Å². The number of pyridine rings is 1. The topological polar surface area (TPSA) is 63.2 Å². The molecule has 0 bridgehead atoms. The van der Waals surface area contributed by atoms with Crippen LogP contribution in [0.2, 0.25) is 0 Å². The summed E-state index contributed by atoms with van der Waals surface area (Å²) in [6.07, 6.45) is 2.08. The van der Waals surface area contributed by atoms with E-state index >= 15 is 0 Å². The molecule has 1 fully saturated rings.